The van der Waals surface area contributed by atoms with E-state index in [0.29, 0.717) is 5.25 Å². The Bertz CT molecular complexity index is 206. The first kappa shape index (κ1) is 11.0. The quantitative estimate of drug-likeness (QED) is 0.569. The molecule has 0 bridgehead atoms. The van der Waals surface area contributed by atoms with E-state index < -0.39 is 15.8 Å². The number of hydrogen-bond donors (Lipinski definition) is 1. The van der Waals surface area contributed by atoms with Crippen molar-refractivity contribution >= 4 is 26.6 Å². The minimum atomic E-state index is -0.720. The van der Waals surface area contributed by atoms with Crippen LogP contribution in [-0.4, -0.2) is 26.3 Å². The smallest absolute Gasteiger partial charge is 0.303 e. The fourth-order valence-corrected chi connectivity index (χ4v) is 4.88. The highest BCUT2D eigenvalue weighted by Crippen LogP contribution is 2.31. The second-order valence-electron chi connectivity index (χ2n) is 3.15. The molecule has 1 aliphatic rings. The summed E-state index contributed by atoms with van der Waals surface area (Å²) in [6.45, 7) is 0. The van der Waals surface area contributed by atoms with Gasteiger partial charge in [-0.05, 0) is 19.3 Å². The summed E-state index contributed by atoms with van der Waals surface area (Å²) in [5.74, 6) is 0.0940. The van der Waals surface area contributed by atoms with Crippen molar-refractivity contribution in [2.45, 2.75) is 37.4 Å². The van der Waals surface area contributed by atoms with Gasteiger partial charge in [0, 0.05) is 17.4 Å². The largest absolute Gasteiger partial charge is 0.481 e. The Morgan fingerprint density at radius 1 is 1.54 bits per heavy atom. The third kappa shape index (κ3) is 4.67. The minimum absolute atomic E-state index is 0.264. The summed E-state index contributed by atoms with van der Waals surface area (Å²) in [4.78, 5) is 10.2. The van der Waals surface area contributed by atoms with Crippen LogP contribution < -0.4 is 0 Å². The highest BCUT2D eigenvalue weighted by Gasteiger charge is 2.21. The predicted molar refractivity (Wildman–Crippen MR) is 55.1 cm³/mol. The summed E-state index contributed by atoms with van der Waals surface area (Å²) in [6.07, 6.45) is 4.01. The van der Waals surface area contributed by atoms with Gasteiger partial charge in [0.15, 0.2) is 0 Å². The van der Waals surface area contributed by atoms with Crippen LogP contribution in [0.3, 0.4) is 0 Å². The summed E-state index contributed by atoms with van der Waals surface area (Å²) in [5.41, 5.74) is 0. The molecule has 2 atom stereocenters. The molecule has 0 aromatic carbocycles. The van der Waals surface area contributed by atoms with Gasteiger partial charge in [-0.3, -0.25) is 4.79 Å². The molecule has 13 heavy (non-hydrogen) atoms. The van der Waals surface area contributed by atoms with Crippen molar-refractivity contribution in [2.75, 3.05) is 5.75 Å². The van der Waals surface area contributed by atoms with Crippen LogP contribution in [0.15, 0.2) is 0 Å². The zero-order valence-corrected chi connectivity index (χ0v) is 9.03. The van der Waals surface area contributed by atoms with Crippen LogP contribution in [0.4, 0.5) is 0 Å². The third-order valence-corrected chi connectivity index (χ3v) is 5.50. The molecule has 0 radical (unpaired) electrons. The molecule has 1 rings (SSSR count). The lowest BCUT2D eigenvalue weighted by Crippen LogP contribution is -1.99. The number of carboxylic acids is 1. The molecule has 0 amide bonds. The second-order valence-corrected chi connectivity index (χ2v) is 6.72. The van der Waals surface area contributed by atoms with Gasteiger partial charge in [-0.25, -0.2) is 4.21 Å². The summed E-state index contributed by atoms with van der Waals surface area (Å²) < 4.78 is 11.0. The van der Waals surface area contributed by atoms with Crippen molar-refractivity contribution in [2.24, 2.45) is 0 Å². The molecule has 76 valence electrons. The predicted octanol–water partition coefficient (Wildman–Crippen LogP) is 1.80. The number of carboxylic acid groups (broad SMARTS) is 1. The molecule has 1 aliphatic heterocycles. The van der Waals surface area contributed by atoms with E-state index in [4.69, 9.17) is 5.11 Å². The van der Waals surface area contributed by atoms with Gasteiger partial charge in [-0.2, -0.15) is 0 Å². The van der Waals surface area contributed by atoms with Crippen LogP contribution >= 0.6 is 10.8 Å². The monoisotopic (exact) mass is 222 g/mol. The lowest BCUT2D eigenvalue weighted by molar-refractivity contribution is -0.137. The normalized spacial score (nSPS) is 27.7. The van der Waals surface area contributed by atoms with E-state index in [2.05, 4.69) is 0 Å². The zero-order valence-electron chi connectivity index (χ0n) is 7.40. The molecule has 0 aliphatic carbocycles. The topological polar surface area (TPSA) is 54.4 Å². The van der Waals surface area contributed by atoms with Gasteiger partial charge in [-0.1, -0.05) is 17.2 Å². The van der Waals surface area contributed by atoms with Crippen molar-refractivity contribution in [3.05, 3.63) is 0 Å². The van der Waals surface area contributed by atoms with Gasteiger partial charge in [0.2, 0.25) is 0 Å². The fraction of sp³-hybridized carbons (Fsp3) is 0.875. The SMILES string of the molecule is O=C(O)CCCC[C@@H]1CCS(=O)S1. The fourth-order valence-electron chi connectivity index (χ4n) is 1.32. The Hall–Kier alpha value is -0.0300. The molecule has 5 heteroatoms. The molecular weight excluding hydrogens is 208 g/mol. The maximum atomic E-state index is 11.0. The summed E-state index contributed by atoms with van der Waals surface area (Å²) in [7, 11) is 0.882. The Kier molecular flexibility index (Phi) is 4.80. The van der Waals surface area contributed by atoms with Gasteiger partial charge in [-0.15, -0.1) is 0 Å². The first-order valence-electron chi connectivity index (χ1n) is 4.46. The number of unbranched alkanes of at least 4 members (excludes halogenated alkanes) is 1. The highest BCUT2D eigenvalue weighted by atomic mass is 33.1. The summed E-state index contributed by atoms with van der Waals surface area (Å²) >= 11 is 0. The molecule has 0 aromatic rings. The molecular formula is C8H14O3S2. The molecule has 0 saturated carbocycles. The number of hydrogen-bond acceptors (Lipinski definition) is 3. The van der Waals surface area contributed by atoms with Gasteiger partial charge < -0.3 is 5.11 Å². The molecule has 1 heterocycles. The average molecular weight is 222 g/mol. The van der Waals surface area contributed by atoms with Crippen molar-refractivity contribution < 1.29 is 14.1 Å². The van der Waals surface area contributed by atoms with E-state index in [9.17, 15) is 9.00 Å². The molecule has 1 N–H and O–H groups in total. The molecule has 1 saturated heterocycles. The Labute approximate surface area is 84.1 Å². The Morgan fingerprint density at radius 3 is 2.85 bits per heavy atom. The van der Waals surface area contributed by atoms with Crippen molar-refractivity contribution in [1.29, 1.82) is 0 Å². The highest BCUT2D eigenvalue weighted by molar-refractivity contribution is 8.69. The van der Waals surface area contributed by atoms with Crippen molar-refractivity contribution in [1.82, 2.24) is 0 Å². The maximum absolute atomic E-state index is 11.0. The van der Waals surface area contributed by atoms with Crippen LogP contribution in [0.25, 0.3) is 0 Å². The van der Waals surface area contributed by atoms with E-state index in [0.717, 1.165) is 31.4 Å². The van der Waals surface area contributed by atoms with Gasteiger partial charge in [0.05, 0.1) is 9.83 Å². The van der Waals surface area contributed by atoms with Crippen LogP contribution in [-0.2, 0) is 14.6 Å². The molecule has 0 spiro atoms. The van der Waals surface area contributed by atoms with Crippen molar-refractivity contribution in [3.8, 4) is 0 Å². The van der Waals surface area contributed by atoms with E-state index in [1.165, 1.54) is 0 Å². The van der Waals surface area contributed by atoms with Gasteiger partial charge in [0.1, 0.15) is 0 Å². The van der Waals surface area contributed by atoms with E-state index in [1.807, 2.05) is 0 Å². The first-order chi connectivity index (χ1) is 6.18. The lowest BCUT2D eigenvalue weighted by Gasteiger charge is -2.04. The molecule has 3 nitrogen and oxygen atoms in total. The number of carbonyl (C=O) groups is 1. The average Bonchev–Trinajstić information content (AvgIpc) is 2.45. The standard InChI is InChI=1S/C8H14O3S2/c9-8(10)4-2-1-3-7-5-6-13(11)12-7/h7H,1-6H2,(H,9,10)/t7-,13?/m1/s1. The summed E-state index contributed by atoms with van der Waals surface area (Å²) in [6, 6.07) is 0. The van der Waals surface area contributed by atoms with Crippen LogP contribution in [0.1, 0.15) is 32.1 Å². The van der Waals surface area contributed by atoms with Gasteiger partial charge in [0.25, 0.3) is 0 Å². The Morgan fingerprint density at radius 2 is 2.31 bits per heavy atom. The first-order valence-corrected chi connectivity index (χ1v) is 7.17. The van der Waals surface area contributed by atoms with E-state index in [1.54, 1.807) is 10.8 Å². The van der Waals surface area contributed by atoms with E-state index in [-0.39, 0.29) is 6.42 Å². The molecule has 1 fully saturated rings. The van der Waals surface area contributed by atoms with Crippen LogP contribution in [0.2, 0.25) is 0 Å². The molecule has 1 unspecified atom stereocenters. The Balaban J connectivity index is 2.00. The number of aliphatic carboxylic acids is 1. The second kappa shape index (κ2) is 5.65. The maximum Gasteiger partial charge on any atom is 0.303 e. The molecule has 0 aromatic heterocycles. The van der Waals surface area contributed by atoms with Crippen LogP contribution in [0.5, 0.6) is 0 Å². The minimum Gasteiger partial charge on any atom is -0.481 e. The third-order valence-electron chi connectivity index (χ3n) is 2.02. The van der Waals surface area contributed by atoms with E-state index >= 15 is 0 Å². The van der Waals surface area contributed by atoms with Crippen LogP contribution in [0, 0.1) is 0 Å². The zero-order chi connectivity index (χ0) is 9.68. The number of rotatable bonds is 5. The van der Waals surface area contributed by atoms with Crippen molar-refractivity contribution in [3.63, 3.8) is 0 Å². The van der Waals surface area contributed by atoms with Gasteiger partial charge >= 0.3 is 5.97 Å². The summed E-state index contributed by atoms with van der Waals surface area (Å²) in [5, 5.41) is 8.90. The lowest BCUT2D eigenvalue weighted by atomic mass is 10.1.